The molecule has 1 amide bonds. The topological polar surface area (TPSA) is 92.7 Å². The number of aromatic nitrogens is 3. The maximum atomic E-state index is 12.5. The van der Waals surface area contributed by atoms with E-state index in [2.05, 4.69) is 25.4 Å². The van der Waals surface area contributed by atoms with Crippen LogP contribution in [0.5, 0.6) is 11.5 Å². The number of nitrogens with zero attached hydrogens (tertiary/aromatic N) is 5. The van der Waals surface area contributed by atoms with E-state index in [1.54, 1.807) is 37.6 Å². The van der Waals surface area contributed by atoms with Gasteiger partial charge in [0, 0.05) is 32.4 Å². The zero-order chi connectivity index (χ0) is 21.5. The number of rotatable bonds is 7. The third kappa shape index (κ3) is 5.39. The zero-order valence-corrected chi connectivity index (χ0v) is 17.3. The van der Waals surface area contributed by atoms with E-state index in [0.717, 1.165) is 11.6 Å². The van der Waals surface area contributed by atoms with Gasteiger partial charge in [0.1, 0.15) is 17.3 Å². The third-order valence-corrected chi connectivity index (χ3v) is 4.95. The van der Waals surface area contributed by atoms with E-state index in [1.807, 2.05) is 35.2 Å². The number of benzene rings is 1. The van der Waals surface area contributed by atoms with Gasteiger partial charge < -0.3 is 24.6 Å². The van der Waals surface area contributed by atoms with Crippen LogP contribution in [0.4, 0.5) is 17.5 Å². The predicted molar refractivity (Wildman–Crippen MR) is 117 cm³/mol. The average molecular weight is 420 g/mol. The second kappa shape index (κ2) is 9.75. The van der Waals surface area contributed by atoms with Crippen LogP contribution < -0.4 is 19.7 Å². The molecule has 31 heavy (non-hydrogen) atoms. The van der Waals surface area contributed by atoms with Crippen LogP contribution in [0.15, 0.2) is 60.8 Å². The lowest BCUT2D eigenvalue weighted by Crippen LogP contribution is -2.50. The van der Waals surface area contributed by atoms with Crippen molar-refractivity contribution in [3.05, 3.63) is 60.8 Å². The molecule has 160 valence electrons. The first-order valence-electron chi connectivity index (χ1n) is 10.0. The number of carbonyl (C=O) groups is 1. The fourth-order valence-electron chi connectivity index (χ4n) is 3.22. The van der Waals surface area contributed by atoms with E-state index in [0.29, 0.717) is 43.6 Å². The summed E-state index contributed by atoms with van der Waals surface area (Å²) in [5, 5.41) is 11.6. The second-order valence-electron chi connectivity index (χ2n) is 6.95. The minimum atomic E-state index is -0.0311. The molecule has 1 N–H and O–H groups in total. The van der Waals surface area contributed by atoms with E-state index in [-0.39, 0.29) is 12.5 Å². The van der Waals surface area contributed by atoms with Gasteiger partial charge in [0.2, 0.25) is 0 Å². The zero-order valence-electron chi connectivity index (χ0n) is 17.3. The van der Waals surface area contributed by atoms with Crippen LogP contribution in [-0.2, 0) is 4.79 Å². The molecule has 0 saturated carbocycles. The fourth-order valence-corrected chi connectivity index (χ4v) is 3.22. The van der Waals surface area contributed by atoms with Crippen molar-refractivity contribution in [3.63, 3.8) is 0 Å². The van der Waals surface area contributed by atoms with Crippen molar-refractivity contribution in [3.8, 4) is 11.5 Å². The number of pyridine rings is 1. The summed E-state index contributed by atoms with van der Waals surface area (Å²) in [5.74, 6) is 3.49. The minimum Gasteiger partial charge on any atom is -0.497 e. The van der Waals surface area contributed by atoms with Gasteiger partial charge in [0.25, 0.3) is 5.91 Å². The summed E-state index contributed by atoms with van der Waals surface area (Å²) in [5.41, 5.74) is 0. The standard InChI is InChI=1S/C22H24N6O3/c1-30-17-5-7-18(8-6-17)31-16-22(29)28-14-12-27(13-15-28)21-10-9-20(25-26-21)24-19-4-2-3-11-23-19/h2-11H,12-16H2,1H3,(H,23,24,25). The van der Waals surface area contributed by atoms with E-state index >= 15 is 0 Å². The maximum absolute atomic E-state index is 12.5. The smallest absolute Gasteiger partial charge is 0.260 e. The van der Waals surface area contributed by atoms with Crippen LogP contribution in [0.2, 0.25) is 0 Å². The number of amides is 1. The molecule has 9 heteroatoms. The SMILES string of the molecule is COc1ccc(OCC(=O)N2CCN(c3ccc(Nc4ccccn4)nn3)CC2)cc1. The van der Waals surface area contributed by atoms with Gasteiger partial charge in [-0.05, 0) is 48.5 Å². The van der Waals surface area contributed by atoms with Gasteiger partial charge in [-0.15, -0.1) is 10.2 Å². The number of ether oxygens (including phenoxy) is 2. The Morgan fingerprint density at radius 2 is 1.71 bits per heavy atom. The van der Waals surface area contributed by atoms with E-state index in [1.165, 1.54) is 0 Å². The molecule has 1 aromatic carbocycles. The Morgan fingerprint density at radius 1 is 0.935 bits per heavy atom. The molecule has 2 aromatic heterocycles. The summed E-state index contributed by atoms with van der Waals surface area (Å²) < 4.78 is 10.7. The van der Waals surface area contributed by atoms with Crippen molar-refractivity contribution in [1.82, 2.24) is 20.1 Å². The molecule has 1 saturated heterocycles. The van der Waals surface area contributed by atoms with Crippen LogP contribution in [0, 0.1) is 0 Å². The van der Waals surface area contributed by atoms with E-state index < -0.39 is 0 Å². The lowest BCUT2D eigenvalue weighted by molar-refractivity contribution is -0.133. The molecule has 9 nitrogen and oxygen atoms in total. The fraction of sp³-hybridized carbons (Fsp3) is 0.273. The molecule has 1 aliphatic rings. The van der Waals surface area contributed by atoms with Gasteiger partial charge in [-0.2, -0.15) is 0 Å². The van der Waals surface area contributed by atoms with Crippen molar-refractivity contribution in [2.75, 3.05) is 50.1 Å². The molecular formula is C22H24N6O3. The maximum Gasteiger partial charge on any atom is 0.260 e. The molecule has 0 spiro atoms. The second-order valence-corrected chi connectivity index (χ2v) is 6.95. The molecule has 1 fully saturated rings. The van der Waals surface area contributed by atoms with Gasteiger partial charge >= 0.3 is 0 Å². The first kappa shape index (κ1) is 20.4. The molecule has 0 atom stereocenters. The van der Waals surface area contributed by atoms with Crippen molar-refractivity contribution < 1.29 is 14.3 Å². The Labute approximate surface area is 180 Å². The summed E-state index contributed by atoms with van der Waals surface area (Å²) in [7, 11) is 1.61. The number of anilines is 3. The highest BCUT2D eigenvalue weighted by Gasteiger charge is 2.22. The predicted octanol–water partition coefficient (Wildman–Crippen LogP) is 2.35. The Balaban J connectivity index is 1.24. The molecule has 3 heterocycles. The number of hydrogen-bond donors (Lipinski definition) is 1. The number of hydrogen-bond acceptors (Lipinski definition) is 8. The average Bonchev–Trinajstić information content (AvgIpc) is 2.84. The quantitative estimate of drug-likeness (QED) is 0.623. The highest BCUT2D eigenvalue weighted by atomic mass is 16.5. The number of methoxy groups -OCH3 is 1. The number of nitrogens with one attached hydrogen (secondary N) is 1. The minimum absolute atomic E-state index is 0.0139. The Hall–Kier alpha value is -3.88. The van der Waals surface area contributed by atoms with Gasteiger partial charge in [0.15, 0.2) is 18.2 Å². The van der Waals surface area contributed by atoms with E-state index in [4.69, 9.17) is 9.47 Å². The summed E-state index contributed by atoms with van der Waals surface area (Å²) in [4.78, 5) is 20.6. The first-order valence-corrected chi connectivity index (χ1v) is 10.0. The molecule has 3 aromatic rings. The summed E-state index contributed by atoms with van der Waals surface area (Å²) in [6.07, 6.45) is 1.72. The molecule has 0 bridgehead atoms. The van der Waals surface area contributed by atoms with Crippen molar-refractivity contribution in [1.29, 1.82) is 0 Å². The van der Waals surface area contributed by atoms with Crippen LogP contribution in [-0.4, -0.2) is 65.9 Å². The van der Waals surface area contributed by atoms with Crippen molar-refractivity contribution >= 4 is 23.4 Å². The van der Waals surface area contributed by atoms with Gasteiger partial charge in [-0.1, -0.05) is 6.07 Å². The Kier molecular flexibility index (Phi) is 6.41. The normalized spacial score (nSPS) is 13.6. The summed E-state index contributed by atoms with van der Waals surface area (Å²) >= 11 is 0. The van der Waals surface area contributed by atoms with Crippen LogP contribution >= 0.6 is 0 Å². The first-order chi connectivity index (χ1) is 15.2. The van der Waals surface area contributed by atoms with Crippen LogP contribution in [0.1, 0.15) is 0 Å². The molecule has 1 aliphatic heterocycles. The Morgan fingerprint density at radius 3 is 2.35 bits per heavy atom. The number of carbonyl (C=O) groups excluding carboxylic acids is 1. The van der Waals surface area contributed by atoms with Crippen molar-refractivity contribution in [2.24, 2.45) is 0 Å². The highest BCUT2D eigenvalue weighted by molar-refractivity contribution is 5.78. The summed E-state index contributed by atoms with van der Waals surface area (Å²) in [6, 6.07) is 16.6. The third-order valence-electron chi connectivity index (χ3n) is 4.95. The lowest BCUT2D eigenvalue weighted by Gasteiger charge is -2.35. The van der Waals surface area contributed by atoms with Gasteiger partial charge in [-0.3, -0.25) is 4.79 Å². The summed E-state index contributed by atoms with van der Waals surface area (Å²) in [6.45, 7) is 2.62. The monoisotopic (exact) mass is 420 g/mol. The molecular weight excluding hydrogens is 396 g/mol. The van der Waals surface area contributed by atoms with Crippen LogP contribution in [0.25, 0.3) is 0 Å². The van der Waals surface area contributed by atoms with E-state index in [9.17, 15) is 4.79 Å². The highest BCUT2D eigenvalue weighted by Crippen LogP contribution is 2.18. The molecule has 0 unspecified atom stereocenters. The van der Waals surface area contributed by atoms with Gasteiger partial charge in [-0.25, -0.2) is 4.98 Å². The lowest BCUT2D eigenvalue weighted by atomic mass is 10.3. The Bertz CT molecular complexity index is 974. The van der Waals surface area contributed by atoms with Crippen LogP contribution in [0.3, 0.4) is 0 Å². The van der Waals surface area contributed by atoms with Crippen molar-refractivity contribution in [2.45, 2.75) is 0 Å². The largest absolute Gasteiger partial charge is 0.497 e. The van der Waals surface area contributed by atoms with Gasteiger partial charge in [0.05, 0.1) is 7.11 Å². The molecule has 0 radical (unpaired) electrons. The molecule has 0 aliphatic carbocycles. The molecule has 4 rings (SSSR count). The number of piperazine rings is 1.